The molecule has 7 heteroatoms. The van der Waals surface area contributed by atoms with E-state index in [0.717, 1.165) is 42.0 Å². The van der Waals surface area contributed by atoms with Crippen molar-refractivity contribution in [3.63, 3.8) is 0 Å². The Labute approximate surface area is 160 Å². The minimum Gasteiger partial charge on any atom is -0.397 e. The van der Waals surface area contributed by atoms with E-state index in [0.29, 0.717) is 21.3 Å². The molecule has 1 aliphatic rings. The van der Waals surface area contributed by atoms with Gasteiger partial charge in [0.25, 0.3) is 5.91 Å². The van der Waals surface area contributed by atoms with E-state index in [4.69, 9.17) is 22.3 Å². The van der Waals surface area contributed by atoms with Crippen molar-refractivity contribution >= 4 is 50.4 Å². The van der Waals surface area contributed by atoms with Gasteiger partial charge in [-0.1, -0.05) is 18.5 Å². The van der Waals surface area contributed by atoms with Gasteiger partial charge in [0.1, 0.15) is 9.71 Å². The van der Waals surface area contributed by atoms with E-state index in [1.165, 1.54) is 16.9 Å². The second-order valence-corrected chi connectivity index (χ2v) is 7.81. The van der Waals surface area contributed by atoms with E-state index in [2.05, 4.69) is 23.2 Å². The van der Waals surface area contributed by atoms with Crippen LogP contribution in [0.25, 0.3) is 10.2 Å². The third kappa shape index (κ3) is 3.16. The number of benzene rings is 1. The zero-order valence-corrected chi connectivity index (χ0v) is 16.0. The molecule has 134 valence electrons. The molecule has 5 nitrogen and oxygen atoms in total. The molecular formula is C19H19ClN4OS. The van der Waals surface area contributed by atoms with E-state index in [-0.39, 0.29) is 5.91 Å². The third-order valence-corrected chi connectivity index (χ3v) is 6.07. The molecule has 0 saturated carbocycles. The Morgan fingerprint density at radius 1 is 1.38 bits per heavy atom. The van der Waals surface area contributed by atoms with Crippen molar-refractivity contribution in [1.82, 2.24) is 9.88 Å². The van der Waals surface area contributed by atoms with Gasteiger partial charge in [-0.2, -0.15) is 0 Å². The van der Waals surface area contributed by atoms with Crippen LogP contribution in [0.3, 0.4) is 0 Å². The van der Waals surface area contributed by atoms with Crippen LogP contribution in [-0.2, 0) is 13.0 Å². The first-order chi connectivity index (χ1) is 12.5. The maximum Gasteiger partial charge on any atom is 0.267 e. The molecule has 3 N–H and O–H groups in total. The summed E-state index contributed by atoms with van der Waals surface area (Å²) < 4.78 is 0. The number of amides is 1. The lowest BCUT2D eigenvalue weighted by Gasteiger charge is -2.26. The molecule has 3 aromatic rings. The summed E-state index contributed by atoms with van der Waals surface area (Å²) >= 11 is 7.23. The predicted molar refractivity (Wildman–Crippen MR) is 108 cm³/mol. The second-order valence-electron chi connectivity index (χ2n) is 6.37. The third-order valence-electron chi connectivity index (χ3n) is 4.70. The molecule has 3 heterocycles. The van der Waals surface area contributed by atoms with Gasteiger partial charge in [-0.15, -0.1) is 11.3 Å². The van der Waals surface area contributed by atoms with Gasteiger partial charge >= 0.3 is 0 Å². The Kier molecular flexibility index (Phi) is 4.56. The molecule has 0 aliphatic carbocycles. The average Bonchev–Trinajstić information content (AvgIpc) is 2.97. The quantitative estimate of drug-likeness (QED) is 0.708. The SMILES string of the molecule is CCN1CCc2nc3sc(C(=O)Nc4ccc(Cl)cc4)c(N)c3cc2C1. The van der Waals surface area contributed by atoms with Crippen molar-refractivity contribution < 1.29 is 4.79 Å². The summed E-state index contributed by atoms with van der Waals surface area (Å²) in [5.41, 5.74) is 9.80. The molecule has 1 aliphatic heterocycles. The fourth-order valence-corrected chi connectivity index (χ4v) is 4.33. The highest BCUT2D eigenvalue weighted by atomic mass is 35.5. The van der Waals surface area contributed by atoms with Crippen LogP contribution < -0.4 is 11.1 Å². The van der Waals surface area contributed by atoms with Crippen molar-refractivity contribution in [1.29, 1.82) is 0 Å². The van der Waals surface area contributed by atoms with Gasteiger partial charge < -0.3 is 11.1 Å². The molecule has 2 aromatic heterocycles. The van der Waals surface area contributed by atoms with Crippen LogP contribution in [0.2, 0.25) is 5.02 Å². The van der Waals surface area contributed by atoms with Gasteiger partial charge in [0.15, 0.2) is 0 Å². The van der Waals surface area contributed by atoms with Crippen LogP contribution in [0.15, 0.2) is 30.3 Å². The molecule has 4 rings (SSSR count). The molecule has 0 radical (unpaired) electrons. The highest BCUT2D eigenvalue weighted by Crippen LogP contribution is 2.35. The van der Waals surface area contributed by atoms with Crippen molar-refractivity contribution in [2.24, 2.45) is 0 Å². The molecule has 1 amide bonds. The lowest BCUT2D eigenvalue weighted by Crippen LogP contribution is -2.30. The van der Waals surface area contributed by atoms with Gasteiger partial charge in [-0.3, -0.25) is 9.69 Å². The summed E-state index contributed by atoms with van der Waals surface area (Å²) in [6.45, 7) is 5.09. The number of rotatable bonds is 3. The number of fused-ring (bicyclic) bond motifs is 2. The fourth-order valence-electron chi connectivity index (χ4n) is 3.22. The van der Waals surface area contributed by atoms with E-state index in [1.54, 1.807) is 24.3 Å². The molecule has 26 heavy (non-hydrogen) atoms. The minimum atomic E-state index is -0.221. The summed E-state index contributed by atoms with van der Waals surface area (Å²) in [6, 6.07) is 9.10. The number of aromatic nitrogens is 1. The molecule has 0 saturated heterocycles. The molecule has 0 unspecified atom stereocenters. The van der Waals surface area contributed by atoms with Crippen LogP contribution in [0.4, 0.5) is 11.4 Å². The Bertz CT molecular complexity index is 983. The predicted octanol–water partition coefficient (Wildman–Crippen LogP) is 4.16. The van der Waals surface area contributed by atoms with E-state index in [9.17, 15) is 4.79 Å². The Balaban J connectivity index is 1.67. The van der Waals surface area contributed by atoms with E-state index in [1.807, 2.05) is 0 Å². The standard InChI is InChI=1S/C19H19ClN4OS/c1-2-24-8-7-15-11(10-24)9-14-16(21)17(26-19(14)23-15)18(25)22-13-5-3-12(20)4-6-13/h3-6,9H,2,7-8,10,21H2,1H3,(H,22,25). The Morgan fingerprint density at radius 3 is 2.88 bits per heavy atom. The summed E-state index contributed by atoms with van der Waals surface area (Å²) in [6.07, 6.45) is 0.934. The Morgan fingerprint density at radius 2 is 2.15 bits per heavy atom. The van der Waals surface area contributed by atoms with Crippen LogP contribution >= 0.6 is 22.9 Å². The highest BCUT2D eigenvalue weighted by Gasteiger charge is 2.22. The number of carbonyl (C=O) groups excluding carboxylic acids is 1. The number of nitrogens with two attached hydrogens (primary N) is 1. The number of hydrogen-bond donors (Lipinski definition) is 2. The zero-order valence-electron chi connectivity index (χ0n) is 14.4. The van der Waals surface area contributed by atoms with Gasteiger partial charge in [-0.25, -0.2) is 4.98 Å². The maximum atomic E-state index is 12.7. The molecular weight excluding hydrogens is 368 g/mol. The van der Waals surface area contributed by atoms with Crippen molar-refractivity contribution in [3.8, 4) is 0 Å². The smallest absolute Gasteiger partial charge is 0.267 e. The van der Waals surface area contributed by atoms with Crippen LogP contribution in [-0.4, -0.2) is 28.9 Å². The van der Waals surface area contributed by atoms with Gasteiger partial charge in [-0.05, 0) is 42.4 Å². The number of halogens is 1. The van der Waals surface area contributed by atoms with Crippen LogP contribution in [0.5, 0.6) is 0 Å². The number of nitrogen functional groups attached to an aromatic ring is 1. The second kappa shape index (κ2) is 6.87. The lowest BCUT2D eigenvalue weighted by molar-refractivity contribution is 0.103. The number of nitrogens with one attached hydrogen (secondary N) is 1. The summed E-state index contributed by atoms with van der Waals surface area (Å²) in [5.74, 6) is -0.221. The summed E-state index contributed by atoms with van der Waals surface area (Å²) in [4.78, 5) is 21.1. The summed E-state index contributed by atoms with van der Waals surface area (Å²) in [7, 11) is 0. The Hall–Kier alpha value is -2.15. The monoisotopic (exact) mass is 386 g/mol. The van der Waals surface area contributed by atoms with Crippen molar-refractivity contribution in [2.75, 3.05) is 24.1 Å². The molecule has 0 fully saturated rings. The van der Waals surface area contributed by atoms with Gasteiger partial charge in [0.05, 0.1) is 5.69 Å². The lowest BCUT2D eigenvalue weighted by atomic mass is 10.0. The molecule has 0 atom stereocenters. The number of likely N-dealkylation sites (N-methyl/N-ethyl adjacent to an activating group) is 1. The number of carbonyl (C=O) groups is 1. The van der Waals surface area contributed by atoms with E-state index >= 15 is 0 Å². The summed E-state index contributed by atoms with van der Waals surface area (Å²) in [5, 5.41) is 4.36. The number of hydrogen-bond acceptors (Lipinski definition) is 5. The van der Waals surface area contributed by atoms with Crippen molar-refractivity contribution in [2.45, 2.75) is 19.9 Å². The van der Waals surface area contributed by atoms with Gasteiger partial charge in [0, 0.05) is 41.3 Å². The normalized spacial score (nSPS) is 14.4. The first-order valence-electron chi connectivity index (χ1n) is 8.55. The largest absolute Gasteiger partial charge is 0.397 e. The maximum absolute atomic E-state index is 12.7. The molecule has 0 spiro atoms. The van der Waals surface area contributed by atoms with Crippen LogP contribution in [0.1, 0.15) is 27.9 Å². The van der Waals surface area contributed by atoms with Crippen molar-refractivity contribution in [3.05, 3.63) is 51.5 Å². The topological polar surface area (TPSA) is 71.2 Å². The number of anilines is 2. The highest BCUT2D eigenvalue weighted by molar-refractivity contribution is 7.21. The first kappa shape index (κ1) is 17.3. The average molecular weight is 387 g/mol. The minimum absolute atomic E-state index is 0.221. The number of nitrogens with zero attached hydrogens (tertiary/aromatic N) is 2. The molecule has 0 bridgehead atoms. The van der Waals surface area contributed by atoms with Gasteiger partial charge in [0.2, 0.25) is 0 Å². The van der Waals surface area contributed by atoms with Crippen LogP contribution in [0, 0.1) is 0 Å². The van der Waals surface area contributed by atoms with E-state index < -0.39 is 0 Å². The number of thiophene rings is 1. The fraction of sp³-hybridized carbons (Fsp3) is 0.263. The zero-order chi connectivity index (χ0) is 18.3. The molecule has 1 aromatic carbocycles. The first-order valence-corrected chi connectivity index (χ1v) is 9.74. The number of pyridine rings is 1.